The lowest BCUT2D eigenvalue weighted by atomic mass is 10.3. The molecule has 0 aliphatic carbocycles. The first-order valence-electron chi connectivity index (χ1n) is 3.67. The number of benzene rings is 1. The second-order valence-electron chi connectivity index (χ2n) is 2.51. The molecule has 1 aromatic carbocycles. The lowest BCUT2D eigenvalue weighted by Crippen LogP contribution is -1.92. The van der Waals surface area contributed by atoms with Crippen LogP contribution in [0, 0.1) is 0 Å². The monoisotopic (exact) mass is 324 g/mol. The molecule has 0 radical (unpaired) electrons. The summed E-state index contributed by atoms with van der Waals surface area (Å²) in [6.45, 7) is 0. The Morgan fingerprint density at radius 3 is 2.06 bits per heavy atom. The van der Waals surface area contributed by atoms with Crippen LogP contribution in [-0.4, -0.2) is 4.89 Å². The summed E-state index contributed by atoms with van der Waals surface area (Å²) in [5, 5.41) is 0.418. The standard InChI is InChI=1S/C6H5Cl3O5P2/c7-5-1-3-6(4-2-5)13-16(11,12)14-15(8,9)10/h1-4H,(H,11,12). The number of halogens is 3. The van der Waals surface area contributed by atoms with Crippen LogP contribution in [0.25, 0.3) is 0 Å². The van der Waals surface area contributed by atoms with Gasteiger partial charge in [0.05, 0.1) is 0 Å². The summed E-state index contributed by atoms with van der Waals surface area (Å²) in [6, 6.07) is 5.50. The van der Waals surface area contributed by atoms with E-state index in [0.29, 0.717) is 5.02 Å². The number of hydrogen-bond acceptors (Lipinski definition) is 4. The van der Waals surface area contributed by atoms with Crippen LogP contribution in [0.5, 0.6) is 5.75 Å². The third-order valence-electron chi connectivity index (χ3n) is 1.23. The molecule has 1 atom stereocenters. The van der Waals surface area contributed by atoms with E-state index in [1.807, 2.05) is 0 Å². The highest BCUT2D eigenvalue weighted by Gasteiger charge is 2.33. The first kappa shape index (κ1) is 14.3. The van der Waals surface area contributed by atoms with Crippen LogP contribution < -0.4 is 4.52 Å². The molecule has 5 nitrogen and oxygen atoms in total. The van der Waals surface area contributed by atoms with E-state index in [1.165, 1.54) is 24.3 Å². The number of rotatable bonds is 4. The normalized spacial score (nSPS) is 15.5. The fourth-order valence-corrected chi connectivity index (χ4v) is 3.78. The Labute approximate surface area is 106 Å². The van der Waals surface area contributed by atoms with Gasteiger partial charge in [-0.1, -0.05) is 11.6 Å². The Bertz CT molecular complexity index is 456. The van der Waals surface area contributed by atoms with E-state index >= 15 is 0 Å². The summed E-state index contributed by atoms with van der Waals surface area (Å²) in [4.78, 5) is 9.11. The van der Waals surface area contributed by atoms with Crippen molar-refractivity contribution in [1.29, 1.82) is 0 Å². The lowest BCUT2D eigenvalue weighted by molar-refractivity contribution is 0.297. The number of phosphoric ester groups is 1. The highest BCUT2D eigenvalue weighted by Crippen LogP contribution is 2.68. The van der Waals surface area contributed by atoms with E-state index in [9.17, 15) is 9.13 Å². The first-order chi connectivity index (χ1) is 7.18. The van der Waals surface area contributed by atoms with Crippen LogP contribution in [0.3, 0.4) is 0 Å². The maximum Gasteiger partial charge on any atom is 0.534 e. The highest BCUT2D eigenvalue weighted by molar-refractivity contribution is 8.07. The van der Waals surface area contributed by atoms with Crippen molar-refractivity contribution >= 4 is 48.0 Å². The third-order valence-corrected chi connectivity index (χ3v) is 4.62. The molecule has 0 aliphatic rings. The van der Waals surface area contributed by atoms with Crippen molar-refractivity contribution in [2.24, 2.45) is 0 Å². The Balaban J connectivity index is 2.77. The predicted molar refractivity (Wildman–Crippen MR) is 62.3 cm³/mol. The molecule has 0 bridgehead atoms. The van der Waals surface area contributed by atoms with Crippen molar-refractivity contribution < 1.29 is 22.9 Å². The molecule has 10 heteroatoms. The molecule has 0 fully saturated rings. The largest absolute Gasteiger partial charge is 0.534 e. The van der Waals surface area contributed by atoms with E-state index in [2.05, 4.69) is 8.83 Å². The summed E-state index contributed by atoms with van der Waals surface area (Å²) < 4.78 is 30.5. The van der Waals surface area contributed by atoms with Gasteiger partial charge in [-0.25, -0.2) is 4.57 Å². The highest BCUT2D eigenvalue weighted by atomic mass is 35.9. The third kappa shape index (κ3) is 5.55. The molecule has 0 aliphatic heterocycles. The maximum atomic E-state index is 11.2. The van der Waals surface area contributed by atoms with Gasteiger partial charge in [-0.2, -0.15) is 4.31 Å². The Morgan fingerprint density at radius 2 is 1.62 bits per heavy atom. The lowest BCUT2D eigenvalue weighted by Gasteiger charge is -2.12. The molecule has 0 saturated carbocycles. The zero-order valence-corrected chi connectivity index (χ0v) is 11.5. The molecule has 1 rings (SSSR count). The van der Waals surface area contributed by atoms with Gasteiger partial charge in [0.15, 0.2) is 0 Å². The Kier molecular flexibility index (Phi) is 4.73. The van der Waals surface area contributed by atoms with Gasteiger partial charge >= 0.3 is 13.9 Å². The van der Waals surface area contributed by atoms with Crippen LogP contribution in [-0.2, 0) is 13.4 Å². The zero-order chi connectivity index (χ0) is 12.4. The topological polar surface area (TPSA) is 72.8 Å². The second kappa shape index (κ2) is 5.28. The molecule has 90 valence electrons. The van der Waals surface area contributed by atoms with Crippen molar-refractivity contribution in [3.05, 3.63) is 29.3 Å². The predicted octanol–water partition coefficient (Wildman–Crippen LogP) is 4.42. The smallest absolute Gasteiger partial charge is 0.404 e. The summed E-state index contributed by atoms with van der Waals surface area (Å²) in [5.41, 5.74) is 0. The van der Waals surface area contributed by atoms with Gasteiger partial charge in [-0.3, -0.25) is 9.46 Å². The van der Waals surface area contributed by atoms with Gasteiger partial charge < -0.3 is 4.52 Å². The Morgan fingerprint density at radius 1 is 1.12 bits per heavy atom. The quantitative estimate of drug-likeness (QED) is 0.829. The minimum absolute atomic E-state index is 0.00276. The zero-order valence-electron chi connectivity index (χ0n) is 7.42. The van der Waals surface area contributed by atoms with Gasteiger partial charge in [0.1, 0.15) is 5.75 Å². The molecule has 1 unspecified atom stereocenters. The van der Waals surface area contributed by atoms with E-state index in [1.54, 1.807) is 0 Å². The average Bonchev–Trinajstić information content (AvgIpc) is 2.04. The molecule has 0 saturated heterocycles. The van der Waals surface area contributed by atoms with Crippen LogP contribution in [0.15, 0.2) is 24.3 Å². The van der Waals surface area contributed by atoms with E-state index in [-0.39, 0.29) is 5.75 Å². The van der Waals surface area contributed by atoms with Crippen molar-refractivity contribution in [1.82, 2.24) is 0 Å². The minimum Gasteiger partial charge on any atom is -0.404 e. The maximum absolute atomic E-state index is 11.2. The molecule has 0 spiro atoms. The molecule has 1 N–H and O–H groups in total. The molecule has 1 aromatic rings. The average molecular weight is 325 g/mol. The van der Waals surface area contributed by atoms with Crippen LogP contribution in [0.2, 0.25) is 5.02 Å². The van der Waals surface area contributed by atoms with E-state index in [0.717, 1.165) is 0 Å². The van der Waals surface area contributed by atoms with Gasteiger partial charge in [0, 0.05) is 5.02 Å². The first-order valence-corrected chi connectivity index (χ1v) is 8.97. The molecule has 0 amide bonds. The van der Waals surface area contributed by atoms with E-state index in [4.69, 9.17) is 39.0 Å². The molecule has 0 aromatic heterocycles. The van der Waals surface area contributed by atoms with Crippen LogP contribution >= 0.6 is 48.0 Å². The van der Waals surface area contributed by atoms with Gasteiger partial charge in [0.2, 0.25) is 0 Å². The van der Waals surface area contributed by atoms with Gasteiger partial charge in [-0.05, 0) is 46.7 Å². The van der Waals surface area contributed by atoms with Gasteiger partial charge in [0.25, 0.3) is 0 Å². The van der Waals surface area contributed by atoms with Crippen molar-refractivity contribution in [3.63, 3.8) is 0 Å². The van der Waals surface area contributed by atoms with Crippen molar-refractivity contribution in [2.75, 3.05) is 0 Å². The van der Waals surface area contributed by atoms with Gasteiger partial charge in [-0.15, -0.1) is 0 Å². The number of hydrogen-bond donors (Lipinski definition) is 1. The van der Waals surface area contributed by atoms with Crippen LogP contribution in [0.4, 0.5) is 0 Å². The fourth-order valence-electron chi connectivity index (χ4n) is 0.765. The second-order valence-corrected chi connectivity index (χ2v) is 8.74. The molecule has 16 heavy (non-hydrogen) atoms. The van der Waals surface area contributed by atoms with Crippen LogP contribution in [0.1, 0.15) is 0 Å². The summed E-state index contributed by atoms with van der Waals surface area (Å²) in [5.74, 6) is -0.00276. The molecular weight excluding hydrogens is 320 g/mol. The Hall–Kier alpha value is 0.270. The molecule has 0 heterocycles. The fraction of sp³-hybridized carbons (Fsp3) is 0. The van der Waals surface area contributed by atoms with Crippen molar-refractivity contribution in [2.45, 2.75) is 0 Å². The number of phosphoric acid groups is 1. The molecular formula is C6H5Cl3O5P2. The van der Waals surface area contributed by atoms with Crippen molar-refractivity contribution in [3.8, 4) is 5.75 Å². The summed E-state index contributed by atoms with van der Waals surface area (Å²) >= 11 is 15.5. The SMILES string of the molecule is O=P(Cl)(Cl)OP(=O)(O)Oc1ccc(Cl)cc1. The summed E-state index contributed by atoms with van der Waals surface area (Å²) in [7, 11) is -4.62. The summed E-state index contributed by atoms with van der Waals surface area (Å²) in [6.07, 6.45) is -4.15. The minimum atomic E-state index is -4.62. The van der Waals surface area contributed by atoms with E-state index < -0.39 is 13.9 Å².